The van der Waals surface area contributed by atoms with Gasteiger partial charge in [0.15, 0.2) is 5.72 Å². The molecule has 0 heterocycles. The van der Waals surface area contributed by atoms with E-state index in [2.05, 4.69) is 19.1 Å². The van der Waals surface area contributed by atoms with Gasteiger partial charge in [-0.25, -0.2) is 0 Å². The molecule has 0 aliphatic carbocycles. The Labute approximate surface area is 172 Å². The number of nitrogens with two attached hydrogens (primary N) is 1. The summed E-state index contributed by atoms with van der Waals surface area (Å²) in [5.41, 5.74) is 3.67. The molecule has 3 heteroatoms. The van der Waals surface area contributed by atoms with Gasteiger partial charge in [0, 0.05) is 0 Å². The molecule has 0 aromatic heterocycles. The van der Waals surface area contributed by atoms with Crippen molar-refractivity contribution in [2.24, 2.45) is 5.73 Å². The van der Waals surface area contributed by atoms with Crippen LogP contribution in [0.25, 0.3) is 0 Å². The smallest absolute Gasteiger partial charge is 0.201 e. The average molecular weight is 386 g/mol. The van der Waals surface area contributed by atoms with E-state index in [1.807, 2.05) is 42.5 Å². The van der Waals surface area contributed by atoms with Gasteiger partial charge in [0.2, 0.25) is 5.78 Å². The largest absolute Gasteiger partial charge is 0.369 e. The molecular formula is C25H39NO2. The predicted octanol–water partition coefficient (Wildman–Crippen LogP) is 6.09. The number of unbranched alkanes of at least 4 members (excludes halogenated alkanes) is 7. The number of carbonyl (C=O) groups excluding carboxylic acids is 1. The number of carbonyl (C=O) groups is 1. The summed E-state index contributed by atoms with van der Waals surface area (Å²) in [4.78, 5) is 11.5. The summed E-state index contributed by atoms with van der Waals surface area (Å²) in [5, 5.41) is 9.56. The van der Waals surface area contributed by atoms with E-state index in [-0.39, 0.29) is 6.42 Å². The lowest BCUT2D eigenvalue weighted by atomic mass is 10.1. The summed E-state index contributed by atoms with van der Waals surface area (Å²) in [6.07, 6.45) is 33.2. The highest BCUT2D eigenvalue weighted by Crippen LogP contribution is 2.08. The van der Waals surface area contributed by atoms with Gasteiger partial charge in [-0.05, 0) is 25.3 Å². The molecule has 0 fully saturated rings. The lowest BCUT2D eigenvalue weighted by Gasteiger charge is -2.16. The van der Waals surface area contributed by atoms with E-state index in [0.29, 0.717) is 0 Å². The molecule has 1 atom stereocenters. The molecule has 0 rings (SSSR count). The molecule has 0 saturated carbocycles. The molecule has 0 amide bonds. The molecule has 28 heavy (non-hydrogen) atoms. The molecular weight excluding hydrogens is 346 g/mol. The van der Waals surface area contributed by atoms with Gasteiger partial charge in [0.1, 0.15) is 0 Å². The minimum atomic E-state index is -1.77. The Kier molecular flexibility index (Phi) is 17.1. The molecule has 0 aliphatic heterocycles. The van der Waals surface area contributed by atoms with Gasteiger partial charge >= 0.3 is 0 Å². The minimum absolute atomic E-state index is 0.187. The lowest BCUT2D eigenvalue weighted by molar-refractivity contribution is -0.131. The molecule has 0 radical (unpaired) electrons. The maximum atomic E-state index is 11.5. The molecule has 3 nitrogen and oxygen atoms in total. The van der Waals surface area contributed by atoms with Gasteiger partial charge < -0.3 is 5.11 Å². The van der Waals surface area contributed by atoms with Crippen LogP contribution in [0.2, 0.25) is 0 Å². The number of hydrogen-bond donors (Lipinski definition) is 2. The normalized spacial score (nSPS) is 15.3. The van der Waals surface area contributed by atoms with Gasteiger partial charge in [0.25, 0.3) is 0 Å². The van der Waals surface area contributed by atoms with Gasteiger partial charge in [-0.3, -0.25) is 10.5 Å². The average Bonchev–Trinajstić information content (AvgIpc) is 2.69. The quantitative estimate of drug-likeness (QED) is 0.146. The Morgan fingerprint density at radius 3 is 1.75 bits per heavy atom. The van der Waals surface area contributed by atoms with Crippen LogP contribution < -0.4 is 5.73 Å². The standard InChI is InChI=1S/C25H39NO2/c1-3-5-6-7-8-9-10-11-12-13-14-15-16-17-18-19-20-21-22-23-24(27)25(26,28)4-2/h12-23,28H,3-11,26H2,1-2H3/b13-12+,15-14+,17-16+,19-18+,21-20+,23-22+. The van der Waals surface area contributed by atoms with Crippen molar-refractivity contribution in [3.63, 3.8) is 0 Å². The van der Waals surface area contributed by atoms with Crippen LogP contribution in [0.15, 0.2) is 72.9 Å². The van der Waals surface area contributed by atoms with Crippen LogP contribution in [0, 0.1) is 0 Å². The molecule has 0 bridgehead atoms. The Morgan fingerprint density at radius 1 is 0.750 bits per heavy atom. The number of aliphatic hydroxyl groups is 1. The van der Waals surface area contributed by atoms with E-state index in [9.17, 15) is 9.90 Å². The van der Waals surface area contributed by atoms with Crippen molar-refractivity contribution < 1.29 is 9.90 Å². The third-order valence-electron chi connectivity index (χ3n) is 4.32. The maximum Gasteiger partial charge on any atom is 0.201 e. The topological polar surface area (TPSA) is 63.3 Å². The summed E-state index contributed by atoms with van der Waals surface area (Å²) in [7, 11) is 0. The van der Waals surface area contributed by atoms with Crippen LogP contribution in [-0.2, 0) is 4.79 Å². The van der Waals surface area contributed by atoms with Crippen LogP contribution in [0.1, 0.15) is 71.6 Å². The summed E-state index contributed by atoms with van der Waals surface area (Å²) >= 11 is 0. The van der Waals surface area contributed by atoms with Crippen LogP contribution in [0.5, 0.6) is 0 Å². The Bertz CT molecular complexity index is 563. The number of allylic oxidation sites excluding steroid dienone is 11. The summed E-state index contributed by atoms with van der Waals surface area (Å²) in [5.74, 6) is -0.492. The fraction of sp³-hybridized carbons (Fsp3) is 0.480. The molecule has 0 spiro atoms. The summed E-state index contributed by atoms with van der Waals surface area (Å²) in [6.45, 7) is 3.92. The molecule has 0 saturated heterocycles. The SMILES string of the molecule is CCCCCCCCC/C=C/C=C/C=C/C=C/C=C/C=C/C(=O)C(N)(O)CC. The molecule has 0 aromatic carbocycles. The van der Waals surface area contributed by atoms with Crippen molar-refractivity contribution in [1.29, 1.82) is 0 Å². The maximum absolute atomic E-state index is 11.5. The van der Waals surface area contributed by atoms with Crippen molar-refractivity contribution in [2.45, 2.75) is 77.4 Å². The third-order valence-corrected chi connectivity index (χ3v) is 4.32. The first-order valence-electron chi connectivity index (χ1n) is 10.6. The zero-order valence-electron chi connectivity index (χ0n) is 17.7. The van der Waals surface area contributed by atoms with Crippen LogP contribution >= 0.6 is 0 Å². The predicted molar refractivity (Wildman–Crippen MR) is 122 cm³/mol. The van der Waals surface area contributed by atoms with Crippen molar-refractivity contribution in [1.82, 2.24) is 0 Å². The fourth-order valence-electron chi connectivity index (χ4n) is 2.37. The molecule has 0 aromatic rings. The van der Waals surface area contributed by atoms with Crippen LogP contribution in [-0.4, -0.2) is 16.6 Å². The van der Waals surface area contributed by atoms with Gasteiger partial charge in [-0.1, -0.05) is 119 Å². The van der Waals surface area contributed by atoms with E-state index in [1.165, 1.54) is 51.0 Å². The second kappa shape index (κ2) is 18.4. The fourth-order valence-corrected chi connectivity index (χ4v) is 2.37. The summed E-state index contributed by atoms with van der Waals surface area (Å²) < 4.78 is 0. The van der Waals surface area contributed by atoms with E-state index in [0.717, 1.165) is 6.42 Å². The van der Waals surface area contributed by atoms with E-state index < -0.39 is 11.5 Å². The first-order chi connectivity index (χ1) is 13.5. The van der Waals surface area contributed by atoms with Gasteiger partial charge in [0.05, 0.1) is 0 Å². The monoisotopic (exact) mass is 385 g/mol. The second-order valence-electron chi connectivity index (χ2n) is 6.88. The number of hydrogen-bond acceptors (Lipinski definition) is 3. The van der Waals surface area contributed by atoms with Crippen molar-refractivity contribution >= 4 is 5.78 Å². The Morgan fingerprint density at radius 2 is 1.21 bits per heavy atom. The zero-order chi connectivity index (χ0) is 20.9. The Balaban J connectivity index is 3.80. The Hall–Kier alpha value is -1.97. The minimum Gasteiger partial charge on any atom is -0.369 e. The van der Waals surface area contributed by atoms with Crippen molar-refractivity contribution in [3.8, 4) is 0 Å². The summed E-state index contributed by atoms with van der Waals surface area (Å²) in [6, 6.07) is 0. The van der Waals surface area contributed by atoms with Gasteiger partial charge in [-0.15, -0.1) is 0 Å². The number of rotatable bonds is 16. The highest BCUT2D eigenvalue weighted by Gasteiger charge is 2.25. The third kappa shape index (κ3) is 16.2. The van der Waals surface area contributed by atoms with E-state index in [1.54, 1.807) is 19.1 Å². The highest BCUT2D eigenvalue weighted by molar-refractivity contribution is 5.96. The lowest BCUT2D eigenvalue weighted by Crippen LogP contribution is -2.46. The molecule has 156 valence electrons. The van der Waals surface area contributed by atoms with Crippen LogP contribution in [0.3, 0.4) is 0 Å². The second-order valence-corrected chi connectivity index (χ2v) is 6.88. The first kappa shape index (κ1) is 26.0. The van der Waals surface area contributed by atoms with Gasteiger partial charge in [-0.2, -0.15) is 0 Å². The number of ketones is 1. The van der Waals surface area contributed by atoms with Crippen molar-refractivity contribution in [2.75, 3.05) is 0 Å². The van der Waals surface area contributed by atoms with E-state index in [4.69, 9.17) is 5.73 Å². The first-order valence-corrected chi connectivity index (χ1v) is 10.6. The highest BCUT2D eigenvalue weighted by atomic mass is 16.3. The molecule has 3 N–H and O–H groups in total. The van der Waals surface area contributed by atoms with Crippen molar-refractivity contribution in [3.05, 3.63) is 72.9 Å². The zero-order valence-corrected chi connectivity index (χ0v) is 17.7. The van der Waals surface area contributed by atoms with Crippen LogP contribution in [0.4, 0.5) is 0 Å². The van der Waals surface area contributed by atoms with E-state index >= 15 is 0 Å². The molecule has 1 unspecified atom stereocenters. The molecule has 0 aliphatic rings.